The van der Waals surface area contributed by atoms with Crippen LogP contribution in [0.1, 0.15) is 36.0 Å². The molecule has 1 amide bonds. The van der Waals surface area contributed by atoms with Crippen molar-refractivity contribution in [3.63, 3.8) is 0 Å². The Morgan fingerprint density at radius 3 is 2.18 bits per heavy atom. The molecule has 0 saturated carbocycles. The first-order valence-electron chi connectivity index (χ1n) is 9.07. The summed E-state index contributed by atoms with van der Waals surface area (Å²) in [6.07, 6.45) is -0.569. The van der Waals surface area contributed by atoms with Crippen molar-refractivity contribution in [1.82, 2.24) is 9.80 Å². The molecular formula is C19H24F4N2O3. The molecule has 2 aliphatic heterocycles. The van der Waals surface area contributed by atoms with Crippen LogP contribution in [0, 0.1) is 11.2 Å². The van der Waals surface area contributed by atoms with Gasteiger partial charge in [0.2, 0.25) is 0 Å². The van der Waals surface area contributed by atoms with E-state index in [4.69, 9.17) is 9.90 Å². The lowest BCUT2D eigenvalue weighted by molar-refractivity contribution is -0.192. The lowest BCUT2D eigenvalue weighted by atomic mass is 9.72. The SMILES string of the molecule is CN1CCC2(CCCN(C(=O)c3ccccc3F)C2)CC1.O=C(O)C(F)(F)F. The van der Waals surface area contributed by atoms with Crippen LogP contribution in [0.4, 0.5) is 17.6 Å². The summed E-state index contributed by atoms with van der Waals surface area (Å²) in [5, 5.41) is 7.12. The summed E-state index contributed by atoms with van der Waals surface area (Å²) >= 11 is 0. The normalized spacial score (nSPS) is 19.7. The molecule has 9 heteroatoms. The third-order valence-electron chi connectivity index (χ3n) is 5.34. The van der Waals surface area contributed by atoms with E-state index in [0.717, 1.165) is 45.4 Å². The van der Waals surface area contributed by atoms with Crippen molar-refractivity contribution in [2.24, 2.45) is 5.41 Å². The minimum Gasteiger partial charge on any atom is -0.475 e. The van der Waals surface area contributed by atoms with Gasteiger partial charge in [-0.2, -0.15) is 13.2 Å². The van der Waals surface area contributed by atoms with Gasteiger partial charge >= 0.3 is 12.1 Å². The number of hydrogen-bond acceptors (Lipinski definition) is 3. The fourth-order valence-corrected chi connectivity index (χ4v) is 3.69. The molecule has 2 fully saturated rings. The van der Waals surface area contributed by atoms with Crippen LogP contribution in [0.3, 0.4) is 0 Å². The number of rotatable bonds is 1. The number of carbonyl (C=O) groups is 2. The molecule has 1 N–H and O–H groups in total. The standard InChI is InChI=1S/C17H23FN2O.C2HF3O2/c1-19-11-8-17(9-12-19)7-4-10-20(13-17)16(21)14-5-2-3-6-15(14)18;3-2(4,5)1(6)7/h2-3,5-6H,4,7-13H2,1H3;(H,6,7). The van der Waals surface area contributed by atoms with Crippen LogP contribution in [0.2, 0.25) is 0 Å². The Morgan fingerprint density at radius 1 is 1.07 bits per heavy atom. The molecule has 156 valence electrons. The maximum atomic E-state index is 13.8. The topological polar surface area (TPSA) is 60.9 Å². The van der Waals surface area contributed by atoms with Crippen molar-refractivity contribution in [2.75, 3.05) is 33.2 Å². The molecule has 0 unspecified atom stereocenters. The number of carboxylic acid groups (broad SMARTS) is 1. The summed E-state index contributed by atoms with van der Waals surface area (Å²) in [5.74, 6) is -3.32. The number of amides is 1. The Bertz CT molecular complexity index is 701. The van der Waals surface area contributed by atoms with Crippen molar-refractivity contribution in [3.05, 3.63) is 35.6 Å². The highest BCUT2D eigenvalue weighted by Gasteiger charge is 2.39. The number of halogens is 4. The van der Waals surface area contributed by atoms with Crippen LogP contribution in [0.15, 0.2) is 24.3 Å². The van der Waals surface area contributed by atoms with Crippen molar-refractivity contribution in [2.45, 2.75) is 31.9 Å². The summed E-state index contributed by atoms with van der Waals surface area (Å²) in [7, 11) is 2.15. The monoisotopic (exact) mass is 404 g/mol. The van der Waals surface area contributed by atoms with E-state index in [1.165, 1.54) is 12.5 Å². The van der Waals surface area contributed by atoms with Gasteiger partial charge in [-0.15, -0.1) is 0 Å². The molecular weight excluding hydrogens is 380 g/mol. The zero-order valence-corrected chi connectivity index (χ0v) is 15.6. The second-order valence-corrected chi connectivity index (χ2v) is 7.42. The number of benzene rings is 1. The van der Waals surface area contributed by atoms with E-state index in [1.807, 2.05) is 4.90 Å². The van der Waals surface area contributed by atoms with Crippen molar-refractivity contribution in [1.29, 1.82) is 0 Å². The van der Waals surface area contributed by atoms with Crippen LogP contribution in [0.25, 0.3) is 0 Å². The number of carboxylic acids is 1. The first-order valence-corrected chi connectivity index (χ1v) is 9.07. The van der Waals surface area contributed by atoms with Gasteiger partial charge in [0, 0.05) is 13.1 Å². The molecule has 1 aromatic rings. The highest BCUT2D eigenvalue weighted by atomic mass is 19.4. The summed E-state index contributed by atoms with van der Waals surface area (Å²) in [4.78, 5) is 25.7. The van der Waals surface area contributed by atoms with Crippen LogP contribution in [-0.4, -0.2) is 66.2 Å². The highest BCUT2D eigenvalue weighted by Crippen LogP contribution is 2.39. The van der Waals surface area contributed by atoms with E-state index in [-0.39, 0.29) is 16.9 Å². The van der Waals surface area contributed by atoms with Gasteiger partial charge in [0.05, 0.1) is 5.56 Å². The molecule has 2 aliphatic rings. The third kappa shape index (κ3) is 5.67. The minimum atomic E-state index is -5.08. The lowest BCUT2D eigenvalue weighted by Crippen LogP contribution is -2.50. The van der Waals surface area contributed by atoms with Crippen molar-refractivity contribution in [3.8, 4) is 0 Å². The average Bonchev–Trinajstić information content (AvgIpc) is 2.64. The first-order chi connectivity index (χ1) is 13.0. The van der Waals surface area contributed by atoms with Crippen molar-refractivity contribution >= 4 is 11.9 Å². The lowest BCUT2D eigenvalue weighted by Gasteiger charge is -2.47. The van der Waals surface area contributed by atoms with Gasteiger partial charge in [0.25, 0.3) is 5.91 Å². The van der Waals surface area contributed by atoms with E-state index >= 15 is 0 Å². The molecule has 1 aromatic carbocycles. The molecule has 0 atom stereocenters. The number of piperidine rings is 2. The van der Waals surface area contributed by atoms with Gasteiger partial charge in [-0.3, -0.25) is 4.79 Å². The predicted octanol–water partition coefficient (Wildman–Crippen LogP) is 3.41. The van der Waals surface area contributed by atoms with E-state index in [9.17, 15) is 22.4 Å². The number of aliphatic carboxylic acids is 1. The van der Waals surface area contributed by atoms with Gasteiger partial charge in [-0.05, 0) is 63.4 Å². The fourth-order valence-electron chi connectivity index (χ4n) is 3.69. The van der Waals surface area contributed by atoms with Gasteiger partial charge < -0.3 is 14.9 Å². The summed E-state index contributed by atoms with van der Waals surface area (Å²) in [6, 6.07) is 6.31. The van der Waals surface area contributed by atoms with E-state index in [2.05, 4.69) is 11.9 Å². The first kappa shape index (κ1) is 22.1. The Kier molecular flexibility index (Phi) is 7.03. The summed E-state index contributed by atoms with van der Waals surface area (Å²) < 4.78 is 45.6. The number of hydrogen-bond donors (Lipinski definition) is 1. The Morgan fingerprint density at radius 2 is 1.64 bits per heavy atom. The van der Waals surface area contributed by atoms with Gasteiger partial charge in [-0.25, -0.2) is 9.18 Å². The summed E-state index contributed by atoms with van der Waals surface area (Å²) in [5.41, 5.74) is 0.466. The zero-order valence-electron chi connectivity index (χ0n) is 15.6. The second-order valence-electron chi connectivity index (χ2n) is 7.42. The fraction of sp³-hybridized carbons (Fsp3) is 0.579. The largest absolute Gasteiger partial charge is 0.490 e. The van der Waals surface area contributed by atoms with E-state index in [1.54, 1.807) is 18.2 Å². The molecule has 0 radical (unpaired) electrons. The van der Waals surface area contributed by atoms with Gasteiger partial charge in [0.15, 0.2) is 0 Å². The quantitative estimate of drug-likeness (QED) is 0.729. The third-order valence-corrected chi connectivity index (χ3v) is 5.34. The summed E-state index contributed by atoms with van der Waals surface area (Å²) in [6.45, 7) is 3.74. The molecule has 5 nitrogen and oxygen atoms in total. The highest BCUT2D eigenvalue weighted by molar-refractivity contribution is 5.94. The number of carbonyl (C=O) groups excluding carboxylic acids is 1. The second kappa shape index (κ2) is 8.89. The zero-order chi connectivity index (χ0) is 20.9. The molecule has 2 saturated heterocycles. The average molecular weight is 404 g/mol. The molecule has 1 spiro atoms. The number of alkyl halides is 3. The molecule has 0 aliphatic carbocycles. The van der Waals surface area contributed by atoms with Crippen LogP contribution in [-0.2, 0) is 4.79 Å². The van der Waals surface area contributed by atoms with Crippen molar-refractivity contribution < 1.29 is 32.3 Å². The molecule has 3 rings (SSSR count). The van der Waals surface area contributed by atoms with Crippen LogP contribution in [0.5, 0.6) is 0 Å². The van der Waals surface area contributed by atoms with E-state index < -0.39 is 18.0 Å². The Labute approximate surface area is 160 Å². The van der Waals surface area contributed by atoms with E-state index in [0.29, 0.717) is 0 Å². The molecule has 2 heterocycles. The van der Waals surface area contributed by atoms with Crippen LogP contribution >= 0.6 is 0 Å². The Hall–Kier alpha value is -2.16. The molecule has 28 heavy (non-hydrogen) atoms. The maximum absolute atomic E-state index is 13.8. The van der Waals surface area contributed by atoms with Gasteiger partial charge in [0.1, 0.15) is 5.82 Å². The predicted molar refractivity (Wildman–Crippen MR) is 94.4 cm³/mol. The maximum Gasteiger partial charge on any atom is 0.490 e. The number of nitrogens with zero attached hydrogens (tertiary/aromatic N) is 2. The Balaban J connectivity index is 0.000000345. The number of likely N-dealkylation sites (tertiary alicyclic amines) is 2. The smallest absolute Gasteiger partial charge is 0.475 e. The molecule has 0 bridgehead atoms. The molecule has 0 aromatic heterocycles. The minimum absolute atomic E-state index is 0.147. The van der Waals surface area contributed by atoms with Crippen LogP contribution < -0.4 is 0 Å². The van der Waals surface area contributed by atoms with Gasteiger partial charge in [-0.1, -0.05) is 12.1 Å².